The molecule has 3 N–H and O–H groups in total. The molecule has 6 amide bonds. The summed E-state index contributed by atoms with van der Waals surface area (Å²) in [6.45, 7) is 5.87. The lowest BCUT2D eigenvalue weighted by atomic mass is 9.91. The largest absolute Gasteiger partial charge is 0.382 e. The fraction of sp³-hybridized carbons (Fsp3) is 0.489. The van der Waals surface area contributed by atoms with E-state index >= 15 is 0 Å². The van der Waals surface area contributed by atoms with Crippen molar-refractivity contribution in [2.45, 2.75) is 57.5 Å². The van der Waals surface area contributed by atoms with Crippen molar-refractivity contribution >= 4 is 53.0 Å². The van der Waals surface area contributed by atoms with Gasteiger partial charge in [-0.2, -0.15) is 0 Å². The van der Waals surface area contributed by atoms with Gasteiger partial charge in [-0.15, -0.1) is 10.2 Å². The van der Waals surface area contributed by atoms with Gasteiger partial charge in [-0.3, -0.25) is 39.1 Å². The number of pyridine rings is 1. The van der Waals surface area contributed by atoms with Crippen LogP contribution in [0, 0.1) is 5.92 Å². The minimum absolute atomic E-state index is 0.0462. The van der Waals surface area contributed by atoms with E-state index in [4.69, 9.17) is 9.47 Å². The smallest absolute Gasteiger partial charge is 0.274 e. The number of amides is 6. The maximum absolute atomic E-state index is 13.2. The fourth-order valence-electron chi connectivity index (χ4n) is 8.33. The summed E-state index contributed by atoms with van der Waals surface area (Å²) in [5.41, 5.74) is 3.36. The molecule has 0 aliphatic carbocycles. The van der Waals surface area contributed by atoms with E-state index in [0.717, 1.165) is 48.9 Å². The van der Waals surface area contributed by atoms with Crippen LogP contribution < -0.4 is 20.9 Å². The second-order valence-electron chi connectivity index (χ2n) is 16.1. The van der Waals surface area contributed by atoms with Crippen molar-refractivity contribution in [3.05, 3.63) is 83.3 Å². The van der Waals surface area contributed by atoms with E-state index < -0.39 is 11.9 Å². The summed E-state index contributed by atoms with van der Waals surface area (Å²) in [6, 6.07) is 12.0. The topological polar surface area (TPSA) is 209 Å². The number of likely N-dealkylation sites (tertiary alicyclic amines) is 1. The highest BCUT2D eigenvalue weighted by Crippen LogP contribution is 2.32. The first-order valence-corrected chi connectivity index (χ1v) is 21.9. The quantitative estimate of drug-likeness (QED) is 0.0900. The maximum atomic E-state index is 13.2. The number of piperidine rings is 2. The number of benzene rings is 1. The number of aromatic nitrogens is 3. The van der Waals surface area contributed by atoms with Crippen LogP contribution in [0.5, 0.6) is 0 Å². The zero-order valence-corrected chi connectivity index (χ0v) is 35.5. The predicted molar refractivity (Wildman–Crippen MR) is 232 cm³/mol. The molecular weight excluding hydrogens is 809 g/mol. The van der Waals surface area contributed by atoms with Gasteiger partial charge in [0.05, 0.1) is 19.8 Å². The van der Waals surface area contributed by atoms with Crippen LogP contribution in [0.15, 0.2) is 60.9 Å². The highest BCUT2D eigenvalue weighted by Gasteiger charge is 2.40. The number of carbonyl (C=O) groups is 6. The van der Waals surface area contributed by atoms with Gasteiger partial charge in [0.25, 0.3) is 11.8 Å². The van der Waals surface area contributed by atoms with Gasteiger partial charge in [-0.05, 0) is 73.6 Å². The Morgan fingerprint density at radius 1 is 0.841 bits per heavy atom. The van der Waals surface area contributed by atoms with Gasteiger partial charge in [-0.25, -0.2) is 0 Å². The van der Waals surface area contributed by atoms with Crippen LogP contribution in [-0.2, 0) is 35.2 Å². The van der Waals surface area contributed by atoms with E-state index in [0.29, 0.717) is 95.0 Å². The lowest BCUT2D eigenvalue weighted by Gasteiger charge is -2.35. The predicted octanol–water partition coefficient (Wildman–Crippen LogP) is 2.28. The number of hydrogen-bond acceptors (Lipinski definition) is 13. The molecule has 0 saturated carbocycles. The SMILES string of the molecule is O=C(/C=C/c1cccnc1)NCCCCC1CCN(C(=O)c2ccc(N3CCN(C(=O)COCCOCCNc4cccc5c4CN(C4CCC(=O)NC4=O)C5=O)CC3)nn2)CC1. The molecule has 7 rings (SSSR count). The monoisotopic (exact) mass is 864 g/mol. The molecule has 63 heavy (non-hydrogen) atoms. The van der Waals surface area contributed by atoms with Crippen molar-refractivity contribution in [1.29, 1.82) is 0 Å². The average molecular weight is 865 g/mol. The van der Waals surface area contributed by atoms with E-state index in [1.807, 2.05) is 29.2 Å². The van der Waals surface area contributed by atoms with Crippen molar-refractivity contribution in [2.75, 3.05) is 89.0 Å². The Balaban J connectivity index is 0.715. The molecule has 3 fully saturated rings. The Labute approximate surface area is 366 Å². The molecule has 18 nitrogen and oxygen atoms in total. The summed E-state index contributed by atoms with van der Waals surface area (Å²) in [4.78, 5) is 86.4. The molecule has 1 aromatic carbocycles. The zero-order valence-electron chi connectivity index (χ0n) is 35.5. The van der Waals surface area contributed by atoms with E-state index in [1.54, 1.807) is 41.6 Å². The van der Waals surface area contributed by atoms with E-state index in [9.17, 15) is 28.8 Å². The molecule has 4 aliphatic heterocycles. The van der Waals surface area contributed by atoms with Crippen LogP contribution in [0.4, 0.5) is 11.5 Å². The van der Waals surface area contributed by atoms with Crippen LogP contribution in [0.1, 0.15) is 76.9 Å². The Morgan fingerprint density at radius 3 is 2.43 bits per heavy atom. The summed E-state index contributed by atoms with van der Waals surface area (Å²) < 4.78 is 11.3. The van der Waals surface area contributed by atoms with Crippen molar-refractivity contribution in [2.24, 2.45) is 5.92 Å². The normalized spacial score (nSPS) is 18.2. The Morgan fingerprint density at radius 2 is 1.67 bits per heavy atom. The number of unbranched alkanes of at least 4 members (excludes halogenated alkanes) is 1. The molecule has 0 radical (unpaired) electrons. The molecule has 2 aromatic heterocycles. The van der Waals surface area contributed by atoms with Crippen LogP contribution in [0.25, 0.3) is 6.08 Å². The number of rotatable bonds is 19. The van der Waals surface area contributed by atoms with Crippen molar-refractivity contribution in [3.63, 3.8) is 0 Å². The molecule has 334 valence electrons. The minimum atomic E-state index is -0.668. The zero-order chi connectivity index (χ0) is 44.0. The molecule has 0 bridgehead atoms. The first-order valence-electron chi connectivity index (χ1n) is 21.9. The van der Waals surface area contributed by atoms with Crippen LogP contribution in [0.2, 0.25) is 0 Å². The molecule has 1 unspecified atom stereocenters. The van der Waals surface area contributed by atoms with Crippen molar-refractivity contribution in [1.82, 2.24) is 40.5 Å². The molecule has 3 aromatic rings. The van der Waals surface area contributed by atoms with Gasteiger partial charge in [0.15, 0.2) is 11.5 Å². The molecule has 6 heterocycles. The molecule has 1 atom stereocenters. The van der Waals surface area contributed by atoms with Gasteiger partial charge in [0.1, 0.15) is 12.6 Å². The van der Waals surface area contributed by atoms with Crippen LogP contribution >= 0.6 is 0 Å². The fourth-order valence-corrected chi connectivity index (χ4v) is 8.33. The average Bonchev–Trinajstić information content (AvgIpc) is 3.65. The summed E-state index contributed by atoms with van der Waals surface area (Å²) in [6.07, 6.45) is 12.1. The van der Waals surface area contributed by atoms with Gasteiger partial charge in [0, 0.05) is 101 Å². The van der Waals surface area contributed by atoms with Gasteiger partial charge >= 0.3 is 0 Å². The third kappa shape index (κ3) is 12.2. The lowest BCUT2D eigenvalue weighted by Crippen LogP contribution is -2.52. The third-order valence-corrected chi connectivity index (χ3v) is 11.9. The molecule has 4 aliphatic rings. The summed E-state index contributed by atoms with van der Waals surface area (Å²) >= 11 is 0. The van der Waals surface area contributed by atoms with Gasteiger partial charge < -0.3 is 39.7 Å². The number of ether oxygens (including phenoxy) is 2. The number of nitrogens with zero attached hydrogens (tertiary/aromatic N) is 7. The van der Waals surface area contributed by atoms with E-state index in [-0.39, 0.29) is 55.7 Å². The summed E-state index contributed by atoms with van der Waals surface area (Å²) in [5.74, 6) is -0.0754. The van der Waals surface area contributed by atoms with E-state index in [1.165, 1.54) is 11.0 Å². The number of fused-ring (bicyclic) bond motifs is 1. The Kier molecular flexibility index (Phi) is 15.8. The molecular formula is C45H56N10O8. The molecule has 3 saturated heterocycles. The number of imide groups is 1. The highest BCUT2D eigenvalue weighted by molar-refractivity contribution is 6.06. The number of carbonyl (C=O) groups excluding carboxylic acids is 6. The second-order valence-corrected chi connectivity index (χ2v) is 16.1. The van der Waals surface area contributed by atoms with Gasteiger partial charge in [-0.1, -0.05) is 25.0 Å². The Bertz CT molecular complexity index is 2100. The van der Waals surface area contributed by atoms with Crippen LogP contribution in [-0.4, -0.2) is 150 Å². The Hall–Kier alpha value is -6.27. The summed E-state index contributed by atoms with van der Waals surface area (Å²) in [5, 5.41) is 17.2. The first kappa shape index (κ1) is 44.8. The number of anilines is 2. The number of nitrogens with one attached hydrogen (secondary N) is 3. The third-order valence-electron chi connectivity index (χ3n) is 11.9. The summed E-state index contributed by atoms with van der Waals surface area (Å²) in [7, 11) is 0. The molecule has 18 heteroatoms. The minimum Gasteiger partial charge on any atom is -0.382 e. The first-order chi connectivity index (χ1) is 30.7. The van der Waals surface area contributed by atoms with E-state index in [2.05, 4.69) is 36.0 Å². The number of hydrogen-bond donors (Lipinski definition) is 3. The maximum Gasteiger partial charge on any atom is 0.274 e. The van der Waals surface area contributed by atoms with Crippen molar-refractivity contribution < 1.29 is 38.2 Å². The van der Waals surface area contributed by atoms with Crippen molar-refractivity contribution in [3.8, 4) is 0 Å². The van der Waals surface area contributed by atoms with Crippen LogP contribution in [0.3, 0.4) is 0 Å². The highest BCUT2D eigenvalue weighted by atomic mass is 16.5. The second kappa shape index (κ2) is 22.2. The standard InChI is InChI=1S/C45H56N10O8/c56-40(13-9-33-6-4-17-46-29-33)48-18-2-1-5-32-15-20-54(21-16-32)45(61)37-10-12-39(51-50-37)52-22-24-53(25-23-52)42(58)31-63-28-27-62-26-19-47-36-8-3-7-34-35(36)30-55(44(34)60)38-11-14-41(57)49-43(38)59/h3-4,6-10,12-13,17,29,32,38,47H,1-2,5,11,14-16,18-28,30-31H2,(H,48,56)(H,49,57,59)/b13-9+. The molecule has 0 spiro atoms. The van der Waals surface area contributed by atoms with Gasteiger partial charge in [0.2, 0.25) is 23.6 Å². The lowest BCUT2D eigenvalue weighted by molar-refractivity contribution is -0.138. The number of piperazine rings is 1.